The van der Waals surface area contributed by atoms with Crippen LogP contribution in [0.1, 0.15) is 12.8 Å². The normalized spacial score (nSPS) is 15.1. The Morgan fingerprint density at radius 1 is 1.00 bits per heavy atom. The van der Waals surface area contributed by atoms with E-state index in [2.05, 4.69) is 15.3 Å². The number of anilines is 2. The molecule has 1 aliphatic heterocycles. The summed E-state index contributed by atoms with van der Waals surface area (Å²) in [7, 11) is -3.26. The van der Waals surface area contributed by atoms with Crippen molar-refractivity contribution < 1.29 is 21.6 Å². The van der Waals surface area contributed by atoms with Gasteiger partial charge in [-0.2, -0.15) is 23.1 Å². The van der Waals surface area contributed by atoms with Crippen molar-refractivity contribution >= 4 is 56.0 Å². The van der Waals surface area contributed by atoms with E-state index in [4.69, 9.17) is 28.2 Å². The Balaban J connectivity index is 1.69. The fourth-order valence-electron chi connectivity index (χ4n) is 4.67. The van der Waals surface area contributed by atoms with Gasteiger partial charge < -0.3 is 10.2 Å². The minimum Gasteiger partial charge on any atom is -0.355 e. The molecule has 1 aliphatic rings. The zero-order valence-corrected chi connectivity index (χ0v) is 23.6. The summed E-state index contributed by atoms with van der Waals surface area (Å²) in [5, 5.41) is 3.93. The number of nitrogens with zero attached hydrogens (tertiary/aromatic N) is 5. The first-order valence-corrected chi connectivity index (χ1v) is 15.3. The zero-order chi connectivity index (χ0) is 28.7. The molecule has 0 amide bonds. The minimum absolute atomic E-state index is 0.0480. The van der Waals surface area contributed by atoms with Crippen molar-refractivity contribution in [1.29, 1.82) is 0 Å². The van der Waals surface area contributed by atoms with Crippen LogP contribution in [-0.4, -0.2) is 65.8 Å². The van der Waals surface area contributed by atoms with Crippen LogP contribution in [0, 0.1) is 5.92 Å². The van der Waals surface area contributed by atoms with Gasteiger partial charge in [0, 0.05) is 42.2 Å². The molecule has 5 rings (SSSR count). The predicted octanol–water partition coefficient (Wildman–Crippen LogP) is 6.02. The van der Waals surface area contributed by atoms with Crippen LogP contribution in [0.5, 0.6) is 0 Å². The molecule has 1 fully saturated rings. The molecule has 4 aromatic rings. The van der Waals surface area contributed by atoms with Crippen molar-refractivity contribution in [3.05, 3.63) is 58.6 Å². The molecular formula is C26H25Cl2F3N6O2S. The van der Waals surface area contributed by atoms with Gasteiger partial charge in [0.05, 0.1) is 16.7 Å². The molecule has 40 heavy (non-hydrogen) atoms. The maximum Gasteiger partial charge on any atom is 0.391 e. The molecule has 0 radical (unpaired) electrons. The van der Waals surface area contributed by atoms with Crippen molar-refractivity contribution in [3.63, 3.8) is 0 Å². The van der Waals surface area contributed by atoms with Gasteiger partial charge in [-0.15, -0.1) is 0 Å². The van der Waals surface area contributed by atoms with Gasteiger partial charge in [0.25, 0.3) is 0 Å². The van der Waals surface area contributed by atoms with Gasteiger partial charge in [0.2, 0.25) is 5.95 Å². The minimum atomic E-state index is -4.27. The van der Waals surface area contributed by atoms with E-state index in [1.165, 1.54) is 0 Å². The van der Waals surface area contributed by atoms with Gasteiger partial charge in [0.1, 0.15) is 15.7 Å². The maximum atomic E-state index is 13.4. The second kappa shape index (κ2) is 11.1. The third-order valence-corrected chi connectivity index (χ3v) is 8.23. The summed E-state index contributed by atoms with van der Waals surface area (Å²) in [6.07, 6.45) is -3.30. The highest BCUT2D eigenvalue weighted by Gasteiger charge is 2.41. The van der Waals surface area contributed by atoms with E-state index in [0.717, 1.165) is 6.26 Å². The molecule has 2 aromatic carbocycles. The van der Waals surface area contributed by atoms with E-state index in [-0.39, 0.29) is 44.2 Å². The summed E-state index contributed by atoms with van der Waals surface area (Å²) in [4.78, 5) is 15.9. The van der Waals surface area contributed by atoms with Gasteiger partial charge in [-0.1, -0.05) is 35.3 Å². The Morgan fingerprint density at radius 3 is 2.30 bits per heavy atom. The number of benzene rings is 2. The number of aromatic nitrogens is 4. The fraction of sp³-hybridized carbons (Fsp3) is 0.346. The Morgan fingerprint density at radius 2 is 1.68 bits per heavy atom. The van der Waals surface area contributed by atoms with Crippen LogP contribution >= 0.6 is 23.2 Å². The first-order valence-electron chi connectivity index (χ1n) is 12.5. The molecule has 0 saturated carbocycles. The Bertz CT molecular complexity index is 1640. The van der Waals surface area contributed by atoms with Gasteiger partial charge in [-0.25, -0.2) is 13.4 Å². The molecule has 1 saturated heterocycles. The third kappa shape index (κ3) is 6.13. The quantitative estimate of drug-likeness (QED) is 0.272. The van der Waals surface area contributed by atoms with Gasteiger partial charge in [-0.3, -0.25) is 4.57 Å². The number of sulfone groups is 1. The summed E-state index contributed by atoms with van der Waals surface area (Å²) in [5.41, 5.74) is 2.04. The number of halogens is 5. The Hall–Kier alpha value is -3.09. The van der Waals surface area contributed by atoms with E-state index >= 15 is 0 Å². The monoisotopic (exact) mass is 612 g/mol. The van der Waals surface area contributed by atoms with Crippen LogP contribution in [0.2, 0.25) is 10.0 Å². The molecule has 0 atom stereocenters. The summed E-state index contributed by atoms with van der Waals surface area (Å²) >= 11 is 12.7. The lowest BCUT2D eigenvalue weighted by atomic mass is 9.96. The lowest BCUT2D eigenvalue weighted by Gasteiger charge is -2.33. The van der Waals surface area contributed by atoms with E-state index in [1.54, 1.807) is 45.9 Å². The molecule has 8 nitrogen and oxygen atoms in total. The number of hydrogen-bond acceptors (Lipinski definition) is 7. The van der Waals surface area contributed by atoms with Gasteiger partial charge >= 0.3 is 6.18 Å². The first-order chi connectivity index (χ1) is 18.9. The highest BCUT2D eigenvalue weighted by atomic mass is 35.5. The van der Waals surface area contributed by atoms with Crippen molar-refractivity contribution in [2.75, 3.05) is 41.9 Å². The molecular weight excluding hydrogens is 588 g/mol. The summed E-state index contributed by atoms with van der Waals surface area (Å²) < 4.78 is 65.3. The summed E-state index contributed by atoms with van der Waals surface area (Å²) in [6.45, 7) is 0.287. The fourth-order valence-corrected chi connectivity index (χ4v) is 5.49. The summed E-state index contributed by atoms with van der Waals surface area (Å²) in [6, 6.07) is 14.2. The lowest BCUT2D eigenvalue weighted by molar-refractivity contribution is -0.179. The number of alkyl halides is 3. The molecule has 212 valence electrons. The van der Waals surface area contributed by atoms with Gasteiger partial charge in [0.15, 0.2) is 17.0 Å². The third-order valence-electron chi connectivity index (χ3n) is 6.70. The Kier molecular flexibility index (Phi) is 7.86. The molecule has 0 bridgehead atoms. The van der Waals surface area contributed by atoms with E-state index in [0.29, 0.717) is 44.1 Å². The van der Waals surface area contributed by atoms with Crippen LogP contribution in [0.4, 0.5) is 24.9 Å². The smallest absolute Gasteiger partial charge is 0.355 e. The number of piperidine rings is 1. The average molecular weight is 613 g/mol. The van der Waals surface area contributed by atoms with E-state index in [9.17, 15) is 21.6 Å². The first kappa shape index (κ1) is 28.4. The van der Waals surface area contributed by atoms with Crippen LogP contribution in [0.3, 0.4) is 0 Å². The molecule has 0 spiro atoms. The highest BCUT2D eigenvalue weighted by molar-refractivity contribution is 7.90. The predicted molar refractivity (Wildman–Crippen MR) is 151 cm³/mol. The molecule has 14 heteroatoms. The van der Waals surface area contributed by atoms with Crippen LogP contribution in [0.25, 0.3) is 28.2 Å². The van der Waals surface area contributed by atoms with Crippen molar-refractivity contribution in [2.24, 2.45) is 5.92 Å². The van der Waals surface area contributed by atoms with Crippen molar-refractivity contribution in [1.82, 2.24) is 19.5 Å². The Labute approximate surface area is 239 Å². The lowest BCUT2D eigenvalue weighted by Crippen LogP contribution is -2.39. The zero-order valence-electron chi connectivity index (χ0n) is 21.3. The molecule has 2 aromatic heterocycles. The highest BCUT2D eigenvalue weighted by Crippen LogP contribution is 2.39. The molecule has 3 heterocycles. The number of hydrogen-bond donors (Lipinski definition) is 1. The second-order valence-corrected chi connectivity index (χ2v) is 12.7. The van der Waals surface area contributed by atoms with Crippen LogP contribution in [0.15, 0.2) is 48.5 Å². The summed E-state index contributed by atoms with van der Waals surface area (Å²) in [5.74, 6) is -0.601. The van der Waals surface area contributed by atoms with Crippen molar-refractivity contribution in [2.45, 2.75) is 19.0 Å². The molecule has 0 unspecified atom stereocenters. The number of imidazole rings is 1. The standard InChI is InChI=1S/C26H25Cl2F3N6O2S/c1-40(38,39)15-12-32-25-34-23(36-13-10-16(11-14-36)26(29,30)31)21-24(35-25)37(18-8-6-17(27)7-9-18)22(33-21)19-4-2-3-5-20(19)28/h2-9,16H,10-15H2,1H3,(H,32,34,35). The van der Waals surface area contributed by atoms with Crippen LogP contribution in [-0.2, 0) is 9.84 Å². The SMILES string of the molecule is CS(=O)(=O)CCNc1nc(N2CCC(C(F)(F)F)CC2)c2nc(-c3ccccc3Cl)n(-c3ccc(Cl)cc3)c2n1. The number of rotatable bonds is 7. The maximum absolute atomic E-state index is 13.4. The average Bonchev–Trinajstić information content (AvgIpc) is 3.27. The number of fused-ring (bicyclic) bond motifs is 1. The van der Waals surface area contributed by atoms with Gasteiger partial charge in [-0.05, 0) is 49.2 Å². The molecule has 1 N–H and O–H groups in total. The van der Waals surface area contributed by atoms with Crippen LogP contribution < -0.4 is 10.2 Å². The number of nitrogens with one attached hydrogen (secondary N) is 1. The van der Waals surface area contributed by atoms with E-state index < -0.39 is 21.9 Å². The van der Waals surface area contributed by atoms with Crippen molar-refractivity contribution in [3.8, 4) is 17.1 Å². The van der Waals surface area contributed by atoms with E-state index in [1.807, 2.05) is 12.1 Å². The second-order valence-electron chi connectivity index (χ2n) is 9.63. The largest absolute Gasteiger partial charge is 0.391 e. The molecule has 0 aliphatic carbocycles. The topological polar surface area (TPSA) is 93.0 Å².